The van der Waals surface area contributed by atoms with Crippen molar-refractivity contribution in [3.8, 4) is 0 Å². The lowest BCUT2D eigenvalue weighted by molar-refractivity contribution is -0.150. The summed E-state index contributed by atoms with van der Waals surface area (Å²) in [6.07, 6.45) is 1.61. The van der Waals surface area contributed by atoms with Gasteiger partial charge in [-0.25, -0.2) is 8.78 Å². The highest BCUT2D eigenvalue weighted by atomic mass is 19.1. The molecule has 6 heteroatoms. The highest BCUT2D eigenvalue weighted by Gasteiger charge is 2.31. The number of carbonyl (C=O) groups is 2. The van der Waals surface area contributed by atoms with E-state index in [1.807, 2.05) is 0 Å². The summed E-state index contributed by atoms with van der Waals surface area (Å²) in [5, 5.41) is 2.49. The summed E-state index contributed by atoms with van der Waals surface area (Å²) >= 11 is 0. The molecular formula is C14H15F2NO3. The standard InChI is InChI=1S/C14H15F2NO3/c1-8(11-5-4-10(15)6-12(11)16)17-13(18)7-20-14(19)9-2-3-9/h4-6,8-9H,2-3,7H2,1H3,(H,17,18)/t8-/m0/s1. The van der Waals surface area contributed by atoms with Crippen LogP contribution >= 0.6 is 0 Å². The summed E-state index contributed by atoms with van der Waals surface area (Å²) in [6.45, 7) is 1.18. The van der Waals surface area contributed by atoms with Crippen molar-refractivity contribution >= 4 is 11.9 Å². The maximum absolute atomic E-state index is 13.5. The lowest BCUT2D eigenvalue weighted by Gasteiger charge is -2.15. The van der Waals surface area contributed by atoms with E-state index in [4.69, 9.17) is 4.74 Å². The fourth-order valence-electron chi connectivity index (χ4n) is 1.79. The molecule has 0 spiro atoms. The van der Waals surface area contributed by atoms with Crippen LogP contribution in [0, 0.1) is 17.6 Å². The van der Waals surface area contributed by atoms with Gasteiger partial charge in [-0.15, -0.1) is 0 Å². The van der Waals surface area contributed by atoms with Crippen molar-refractivity contribution in [3.05, 3.63) is 35.4 Å². The largest absolute Gasteiger partial charge is 0.455 e. The molecule has 1 aromatic carbocycles. The zero-order valence-electron chi connectivity index (χ0n) is 11.0. The Hall–Kier alpha value is -1.98. The van der Waals surface area contributed by atoms with Crippen LogP contribution in [0.4, 0.5) is 8.78 Å². The predicted octanol–water partition coefficient (Wildman–Crippen LogP) is 2.10. The lowest BCUT2D eigenvalue weighted by Crippen LogP contribution is -2.31. The van der Waals surface area contributed by atoms with Gasteiger partial charge in [-0.3, -0.25) is 9.59 Å². The number of carbonyl (C=O) groups excluding carboxylic acids is 2. The van der Waals surface area contributed by atoms with Gasteiger partial charge in [0.2, 0.25) is 0 Å². The zero-order valence-corrected chi connectivity index (χ0v) is 11.0. The van der Waals surface area contributed by atoms with Crippen molar-refractivity contribution in [2.45, 2.75) is 25.8 Å². The van der Waals surface area contributed by atoms with Gasteiger partial charge in [0, 0.05) is 11.6 Å². The van der Waals surface area contributed by atoms with E-state index >= 15 is 0 Å². The molecule has 0 aromatic heterocycles. The Bertz CT molecular complexity index is 529. The maximum atomic E-state index is 13.5. The summed E-state index contributed by atoms with van der Waals surface area (Å²) in [6, 6.07) is 2.51. The molecule has 1 N–H and O–H groups in total. The molecule has 1 amide bonds. The molecule has 1 saturated carbocycles. The van der Waals surface area contributed by atoms with Crippen molar-refractivity contribution in [1.82, 2.24) is 5.32 Å². The molecule has 20 heavy (non-hydrogen) atoms. The number of hydrogen-bond acceptors (Lipinski definition) is 3. The van der Waals surface area contributed by atoms with E-state index in [1.165, 1.54) is 6.07 Å². The fraction of sp³-hybridized carbons (Fsp3) is 0.429. The Balaban J connectivity index is 1.84. The Morgan fingerprint density at radius 2 is 2.10 bits per heavy atom. The van der Waals surface area contributed by atoms with E-state index in [0.717, 1.165) is 25.0 Å². The second-order valence-electron chi connectivity index (χ2n) is 4.84. The van der Waals surface area contributed by atoms with Crippen molar-refractivity contribution in [3.63, 3.8) is 0 Å². The summed E-state index contributed by atoms with van der Waals surface area (Å²) < 4.78 is 31.1. The van der Waals surface area contributed by atoms with Gasteiger partial charge in [-0.2, -0.15) is 0 Å². The van der Waals surface area contributed by atoms with Crippen LogP contribution in [0.25, 0.3) is 0 Å². The lowest BCUT2D eigenvalue weighted by atomic mass is 10.1. The number of halogens is 2. The Morgan fingerprint density at radius 3 is 2.70 bits per heavy atom. The minimum atomic E-state index is -0.729. The molecule has 4 nitrogen and oxygen atoms in total. The minimum Gasteiger partial charge on any atom is -0.455 e. The van der Waals surface area contributed by atoms with Gasteiger partial charge < -0.3 is 10.1 Å². The van der Waals surface area contributed by atoms with Crippen LogP contribution in [0.1, 0.15) is 31.4 Å². The molecule has 1 aliphatic carbocycles. The van der Waals surface area contributed by atoms with E-state index in [-0.39, 0.29) is 24.1 Å². The molecule has 0 aliphatic heterocycles. The summed E-state index contributed by atoms with van der Waals surface area (Å²) in [7, 11) is 0. The first-order valence-electron chi connectivity index (χ1n) is 6.38. The second kappa shape index (κ2) is 5.98. The highest BCUT2D eigenvalue weighted by molar-refractivity contribution is 5.82. The number of hydrogen-bond donors (Lipinski definition) is 1. The van der Waals surface area contributed by atoms with Crippen LogP contribution in [0.2, 0.25) is 0 Å². The second-order valence-corrected chi connectivity index (χ2v) is 4.84. The molecule has 0 heterocycles. The first-order chi connectivity index (χ1) is 9.47. The van der Waals surface area contributed by atoms with E-state index < -0.39 is 23.6 Å². The summed E-state index contributed by atoms with van der Waals surface area (Å²) in [4.78, 5) is 22.8. The van der Waals surface area contributed by atoms with Gasteiger partial charge in [0.05, 0.1) is 12.0 Å². The van der Waals surface area contributed by atoms with Crippen molar-refractivity contribution in [2.24, 2.45) is 5.92 Å². The molecule has 0 radical (unpaired) electrons. The zero-order chi connectivity index (χ0) is 14.7. The van der Waals surface area contributed by atoms with Crippen molar-refractivity contribution < 1.29 is 23.1 Å². The Morgan fingerprint density at radius 1 is 1.40 bits per heavy atom. The quantitative estimate of drug-likeness (QED) is 0.842. The van der Waals surface area contributed by atoms with Crippen LogP contribution in [0.3, 0.4) is 0 Å². The van der Waals surface area contributed by atoms with Crippen LogP contribution < -0.4 is 5.32 Å². The van der Waals surface area contributed by atoms with Gasteiger partial charge in [-0.05, 0) is 25.8 Å². The third-order valence-electron chi connectivity index (χ3n) is 3.06. The first-order valence-corrected chi connectivity index (χ1v) is 6.38. The molecular weight excluding hydrogens is 268 g/mol. The summed E-state index contributed by atoms with van der Waals surface area (Å²) in [5.41, 5.74) is 0.174. The number of esters is 1. The minimum absolute atomic E-state index is 0.0743. The number of rotatable bonds is 5. The van der Waals surface area contributed by atoms with Crippen LogP contribution in [0.5, 0.6) is 0 Å². The van der Waals surface area contributed by atoms with Gasteiger partial charge in [0.1, 0.15) is 11.6 Å². The fourth-order valence-corrected chi connectivity index (χ4v) is 1.79. The van der Waals surface area contributed by atoms with Crippen molar-refractivity contribution in [1.29, 1.82) is 0 Å². The Kier molecular flexibility index (Phi) is 4.32. The van der Waals surface area contributed by atoms with Crippen LogP contribution in [-0.4, -0.2) is 18.5 Å². The first kappa shape index (κ1) is 14.4. The molecule has 1 aromatic rings. The molecule has 1 atom stereocenters. The van der Waals surface area contributed by atoms with E-state index in [9.17, 15) is 18.4 Å². The van der Waals surface area contributed by atoms with Crippen LogP contribution in [0.15, 0.2) is 18.2 Å². The third-order valence-corrected chi connectivity index (χ3v) is 3.06. The number of nitrogens with one attached hydrogen (secondary N) is 1. The Labute approximate surface area is 115 Å². The molecule has 108 valence electrons. The smallest absolute Gasteiger partial charge is 0.309 e. The maximum Gasteiger partial charge on any atom is 0.309 e. The van der Waals surface area contributed by atoms with E-state index in [0.29, 0.717) is 0 Å². The van der Waals surface area contributed by atoms with E-state index in [1.54, 1.807) is 6.92 Å². The van der Waals surface area contributed by atoms with Crippen LogP contribution in [-0.2, 0) is 14.3 Å². The van der Waals surface area contributed by atoms with Gasteiger partial charge in [0.25, 0.3) is 5.91 Å². The molecule has 1 aliphatic rings. The highest BCUT2D eigenvalue weighted by Crippen LogP contribution is 2.29. The third kappa shape index (κ3) is 3.76. The van der Waals surface area contributed by atoms with Gasteiger partial charge in [0.15, 0.2) is 6.61 Å². The molecule has 2 rings (SSSR count). The average Bonchev–Trinajstić information content (AvgIpc) is 3.19. The van der Waals surface area contributed by atoms with Gasteiger partial charge in [-0.1, -0.05) is 6.07 Å². The van der Waals surface area contributed by atoms with Gasteiger partial charge >= 0.3 is 5.97 Å². The molecule has 1 fully saturated rings. The summed E-state index contributed by atoms with van der Waals surface area (Å²) in [5.74, 6) is -2.37. The normalized spacial score (nSPS) is 15.6. The average molecular weight is 283 g/mol. The number of ether oxygens (including phenoxy) is 1. The predicted molar refractivity (Wildman–Crippen MR) is 66.6 cm³/mol. The molecule has 0 unspecified atom stereocenters. The van der Waals surface area contributed by atoms with Crippen molar-refractivity contribution in [2.75, 3.05) is 6.61 Å². The SMILES string of the molecule is C[C@H](NC(=O)COC(=O)C1CC1)c1ccc(F)cc1F. The molecule has 0 bridgehead atoms. The van der Waals surface area contributed by atoms with E-state index in [2.05, 4.69) is 5.32 Å². The topological polar surface area (TPSA) is 55.4 Å². The monoisotopic (exact) mass is 283 g/mol. The molecule has 0 saturated heterocycles. The number of benzene rings is 1. The number of amides is 1.